The lowest BCUT2D eigenvalue weighted by Crippen LogP contribution is -2.57. The van der Waals surface area contributed by atoms with Crippen LogP contribution < -0.4 is 5.32 Å². The lowest BCUT2D eigenvalue weighted by molar-refractivity contribution is -0.150. The minimum atomic E-state index is -0.858. The number of esters is 1. The number of nitrogens with zero attached hydrogens (tertiary/aromatic N) is 2. The number of halogens is 1. The van der Waals surface area contributed by atoms with Gasteiger partial charge in [-0.3, -0.25) is 14.4 Å². The van der Waals surface area contributed by atoms with Gasteiger partial charge in [-0.25, -0.2) is 4.98 Å². The minimum Gasteiger partial charge on any atom is -0.469 e. The van der Waals surface area contributed by atoms with Crippen LogP contribution in [-0.4, -0.2) is 53.9 Å². The highest BCUT2D eigenvalue weighted by Gasteiger charge is 2.34. The van der Waals surface area contributed by atoms with Crippen molar-refractivity contribution in [3.8, 4) is 11.3 Å². The lowest BCUT2D eigenvalue weighted by Gasteiger charge is -2.34. The first-order valence-corrected chi connectivity index (χ1v) is 9.20. The third-order valence-electron chi connectivity index (χ3n) is 4.47. The van der Waals surface area contributed by atoms with E-state index in [1.165, 1.54) is 12.0 Å². The van der Waals surface area contributed by atoms with Crippen LogP contribution in [0, 0.1) is 0 Å². The fraction of sp³-hybridized carbons (Fsp3) is 0.368. The molecule has 8 nitrogen and oxygen atoms in total. The van der Waals surface area contributed by atoms with Crippen molar-refractivity contribution in [3.05, 3.63) is 41.4 Å². The molecule has 0 aliphatic carbocycles. The Hall–Kier alpha value is -2.87. The number of benzene rings is 1. The Bertz CT molecular complexity index is 865. The van der Waals surface area contributed by atoms with Crippen molar-refractivity contribution in [1.29, 1.82) is 0 Å². The van der Waals surface area contributed by atoms with Gasteiger partial charge in [0, 0.05) is 36.5 Å². The number of carbonyl (C=O) groups excluding carboxylic acids is 3. The Morgan fingerprint density at radius 3 is 2.82 bits per heavy atom. The number of rotatable bonds is 6. The number of amides is 2. The number of oxazole rings is 1. The van der Waals surface area contributed by atoms with E-state index in [1.54, 1.807) is 18.3 Å². The van der Waals surface area contributed by atoms with Gasteiger partial charge in [0.05, 0.1) is 19.7 Å². The highest BCUT2D eigenvalue weighted by Crippen LogP contribution is 2.23. The molecule has 1 aliphatic rings. The summed E-state index contributed by atoms with van der Waals surface area (Å²) in [4.78, 5) is 41.9. The van der Waals surface area contributed by atoms with Crippen LogP contribution in [0.3, 0.4) is 0 Å². The summed E-state index contributed by atoms with van der Waals surface area (Å²) in [5.41, 5.74) is 0.834. The van der Waals surface area contributed by atoms with Crippen molar-refractivity contribution in [2.45, 2.75) is 25.3 Å². The van der Waals surface area contributed by atoms with E-state index >= 15 is 0 Å². The summed E-state index contributed by atoms with van der Waals surface area (Å²) < 4.78 is 10.3. The van der Waals surface area contributed by atoms with Crippen molar-refractivity contribution in [2.24, 2.45) is 0 Å². The summed E-state index contributed by atoms with van der Waals surface area (Å²) in [6.07, 6.45) is 1.83. The fourth-order valence-corrected chi connectivity index (χ4v) is 3.11. The Kier molecular flexibility index (Phi) is 6.30. The number of carbonyl (C=O) groups is 3. The van der Waals surface area contributed by atoms with Gasteiger partial charge in [-0.1, -0.05) is 11.6 Å². The molecule has 2 aromatic rings. The summed E-state index contributed by atoms with van der Waals surface area (Å²) in [5.74, 6) is -0.134. The first-order valence-electron chi connectivity index (χ1n) is 8.82. The minimum absolute atomic E-state index is 0.117. The Labute approximate surface area is 166 Å². The summed E-state index contributed by atoms with van der Waals surface area (Å²) >= 11 is 5.88. The standard InChI is InChI=1S/C19H20ClN3O5/c1-27-18(25)10-14-19(26)21-8-9-23(14)17(24)7-6-16-22-11-15(28-16)12-2-4-13(20)5-3-12/h2-5,11,14H,6-10H2,1H3,(H,21,26). The van der Waals surface area contributed by atoms with Gasteiger partial charge in [0.15, 0.2) is 11.7 Å². The maximum absolute atomic E-state index is 12.6. The van der Waals surface area contributed by atoms with Gasteiger partial charge in [0.1, 0.15) is 6.04 Å². The van der Waals surface area contributed by atoms with Crippen LogP contribution in [0.15, 0.2) is 34.9 Å². The first-order chi connectivity index (χ1) is 13.5. The van der Waals surface area contributed by atoms with E-state index in [1.807, 2.05) is 12.1 Å². The van der Waals surface area contributed by atoms with Crippen LogP contribution >= 0.6 is 11.6 Å². The molecule has 0 radical (unpaired) electrons. The predicted octanol–water partition coefficient (Wildman–Crippen LogP) is 1.82. The summed E-state index contributed by atoms with van der Waals surface area (Å²) in [5, 5.41) is 3.29. The van der Waals surface area contributed by atoms with Gasteiger partial charge >= 0.3 is 5.97 Å². The molecule has 1 atom stereocenters. The summed E-state index contributed by atoms with van der Waals surface area (Å²) in [6, 6.07) is 6.29. The quantitative estimate of drug-likeness (QED) is 0.735. The highest BCUT2D eigenvalue weighted by atomic mass is 35.5. The number of aromatic nitrogens is 1. The van der Waals surface area contributed by atoms with Gasteiger partial charge in [-0.05, 0) is 24.3 Å². The number of methoxy groups -OCH3 is 1. The van der Waals surface area contributed by atoms with Crippen molar-refractivity contribution < 1.29 is 23.5 Å². The van der Waals surface area contributed by atoms with E-state index in [0.717, 1.165) is 5.56 Å². The topological polar surface area (TPSA) is 102 Å². The SMILES string of the molecule is COC(=O)CC1C(=O)NCCN1C(=O)CCc1ncc(-c2ccc(Cl)cc2)o1. The molecule has 1 unspecified atom stereocenters. The molecule has 28 heavy (non-hydrogen) atoms. The van der Waals surface area contributed by atoms with Crippen molar-refractivity contribution >= 4 is 29.4 Å². The third kappa shape index (κ3) is 4.69. The monoisotopic (exact) mass is 405 g/mol. The molecule has 1 N–H and O–H groups in total. The average molecular weight is 406 g/mol. The number of nitrogens with one attached hydrogen (secondary N) is 1. The molecule has 3 rings (SSSR count). The van der Waals surface area contributed by atoms with Crippen molar-refractivity contribution in [1.82, 2.24) is 15.2 Å². The molecule has 1 fully saturated rings. The second kappa shape index (κ2) is 8.88. The van der Waals surface area contributed by atoms with Gasteiger partial charge in [0.25, 0.3) is 0 Å². The predicted molar refractivity (Wildman–Crippen MR) is 100 cm³/mol. The molecule has 0 spiro atoms. The van der Waals surface area contributed by atoms with Gasteiger partial charge < -0.3 is 19.4 Å². The summed E-state index contributed by atoms with van der Waals surface area (Å²) in [7, 11) is 1.25. The molecule has 1 aromatic carbocycles. The van der Waals surface area contributed by atoms with Crippen LogP contribution in [-0.2, 0) is 25.5 Å². The van der Waals surface area contributed by atoms with Crippen molar-refractivity contribution in [3.63, 3.8) is 0 Å². The number of hydrogen-bond donors (Lipinski definition) is 1. The largest absolute Gasteiger partial charge is 0.469 e. The molecule has 1 aromatic heterocycles. The second-order valence-corrected chi connectivity index (χ2v) is 6.74. The van der Waals surface area contributed by atoms with E-state index in [0.29, 0.717) is 29.8 Å². The number of piperazine rings is 1. The molecular weight excluding hydrogens is 386 g/mol. The smallest absolute Gasteiger partial charge is 0.308 e. The van der Waals surface area contributed by atoms with E-state index in [-0.39, 0.29) is 31.1 Å². The van der Waals surface area contributed by atoms with E-state index < -0.39 is 12.0 Å². The normalized spacial score (nSPS) is 16.6. The van der Waals surface area contributed by atoms with E-state index in [4.69, 9.17) is 16.0 Å². The molecule has 1 aliphatic heterocycles. The van der Waals surface area contributed by atoms with Crippen LogP contribution in [0.5, 0.6) is 0 Å². The Morgan fingerprint density at radius 1 is 1.36 bits per heavy atom. The lowest BCUT2D eigenvalue weighted by atomic mass is 10.1. The molecule has 0 bridgehead atoms. The molecule has 148 valence electrons. The van der Waals surface area contributed by atoms with Gasteiger partial charge in [-0.2, -0.15) is 0 Å². The number of aryl methyl sites for hydroxylation is 1. The zero-order valence-corrected chi connectivity index (χ0v) is 16.1. The molecule has 0 saturated carbocycles. The molecule has 9 heteroatoms. The fourth-order valence-electron chi connectivity index (χ4n) is 2.99. The maximum atomic E-state index is 12.6. The maximum Gasteiger partial charge on any atom is 0.308 e. The Balaban J connectivity index is 1.62. The Morgan fingerprint density at radius 2 is 2.11 bits per heavy atom. The highest BCUT2D eigenvalue weighted by molar-refractivity contribution is 6.30. The zero-order valence-electron chi connectivity index (χ0n) is 15.3. The number of hydrogen-bond acceptors (Lipinski definition) is 6. The number of ether oxygens (including phenoxy) is 1. The van der Waals surface area contributed by atoms with Crippen LogP contribution in [0.4, 0.5) is 0 Å². The van der Waals surface area contributed by atoms with E-state index in [9.17, 15) is 14.4 Å². The second-order valence-electron chi connectivity index (χ2n) is 6.30. The van der Waals surface area contributed by atoms with Gasteiger partial charge in [-0.15, -0.1) is 0 Å². The first kappa shape index (κ1) is 19.9. The zero-order chi connectivity index (χ0) is 20.1. The molecule has 2 heterocycles. The molecular formula is C19H20ClN3O5. The van der Waals surface area contributed by atoms with Crippen LogP contribution in [0.25, 0.3) is 11.3 Å². The van der Waals surface area contributed by atoms with Crippen LogP contribution in [0.1, 0.15) is 18.7 Å². The van der Waals surface area contributed by atoms with E-state index in [2.05, 4.69) is 15.0 Å². The average Bonchev–Trinajstić information content (AvgIpc) is 3.17. The molecule has 2 amide bonds. The molecule has 1 saturated heterocycles. The van der Waals surface area contributed by atoms with Gasteiger partial charge in [0.2, 0.25) is 11.8 Å². The third-order valence-corrected chi connectivity index (χ3v) is 4.73. The van der Waals surface area contributed by atoms with Crippen LogP contribution in [0.2, 0.25) is 5.02 Å². The van der Waals surface area contributed by atoms with Crippen molar-refractivity contribution in [2.75, 3.05) is 20.2 Å². The summed E-state index contributed by atoms with van der Waals surface area (Å²) in [6.45, 7) is 0.690.